The van der Waals surface area contributed by atoms with Gasteiger partial charge in [0.05, 0.1) is 17.5 Å². The van der Waals surface area contributed by atoms with Crippen LogP contribution in [0.1, 0.15) is 15.9 Å². The van der Waals surface area contributed by atoms with Gasteiger partial charge in [-0.2, -0.15) is 0 Å². The first-order chi connectivity index (χ1) is 10.7. The molecule has 122 valence electrons. The van der Waals surface area contributed by atoms with E-state index in [-0.39, 0.29) is 16.3 Å². The SMILES string of the molecule is Cc1cc(F)ccc1NC(=O)c1cc(Cl)ccc1NS(C)(=O)=O. The molecule has 2 aromatic rings. The highest BCUT2D eigenvalue weighted by atomic mass is 35.5. The zero-order valence-electron chi connectivity index (χ0n) is 12.4. The molecule has 5 nitrogen and oxygen atoms in total. The zero-order valence-corrected chi connectivity index (χ0v) is 13.9. The normalized spacial score (nSPS) is 11.1. The van der Waals surface area contributed by atoms with Crippen LogP contribution in [0.5, 0.6) is 0 Å². The number of sulfonamides is 1. The number of halogens is 2. The van der Waals surface area contributed by atoms with Crippen LogP contribution in [0.3, 0.4) is 0 Å². The molecule has 23 heavy (non-hydrogen) atoms. The Morgan fingerprint density at radius 2 is 1.78 bits per heavy atom. The summed E-state index contributed by atoms with van der Waals surface area (Å²) in [5.41, 5.74) is 1.13. The third kappa shape index (κ3) is 4.67. The fraction of sp³-hybridized carbons (Fsp3) is 0.133. The Labute approximate surface area is 138 Å². The molecule has 0 aliphatic rings. The molecule has 0 aromatic heterocycles. The first kappa shape index (κ1) is 17.2. The number of hydrogen-bond acceptors (Lipinski definition) is 3. The third-order valence-corrected chi connectivity index (χ3v) is 3.78. The number of amides is 1. The van der Waals surface area contributed by atoms with Crippen molar-refractivity contribution in [2.24, 2.45) is 0 Å². The van der Waals surface area contributed by atoms with Crippen LogP contribution < -0.4 is 10.0 Å². The van der Waals surface area contributed by atoms with Crippen molar-refractivity contribution in [2.75, 3.05) is 16.3 Å². The van der Waals surface area contributed by atoms with E-state index < -0.39 is 21.7 Å². The minimum atomic E-state index is -3.56. The summed E-state index contributed by atoms with van der Waals surface area (Å²) in [5.74, 6) is -0.976. The molecule has 8 heteroatoms. The van der Waals surface area contributed by atoms with Crippen LogP contribution in [0.2, 0.25) is 5.02 Å². The molecule has 0 bridgehead atoms. The second-order valence-corrected chi connectivity index (χ2v) is 7.16. The van der Waals surface area contributed by atoms with Crippen molar-refractivity contribution in [3.05, 3.63) is 58.4 Å². The standard InChI is InChI=1S/C15H14ClFN2O3S/c1-9-7-11(17)4-6-13(9)18-15(20)12-8-10(16)3-5-14(12)19-23(2,21)22/h3-8,19H,1-2H3,(H,18,20). The molecule has 0 spiro atoms. The van der Waals surface area contributed by atoms with E-state index in [9.17, 15) is 17.6 Å². The molecule has 0 heterocycles. The van der Waals surface area contributed by atoms with Crippen molar-refractivity contribution >= 4 is 38.9 Å². The first-order valence-corrected chi connectivity index (χ1v) is 8.77. The second-order valence-electron chi connectivity index (χ2n) is 4.98. The van der Waals surface area contributed by atoms with E-state index in [2.05, 4.69) is 10.0 Å². The molecule has 2 aromatic carbocycles. The molecular weight excluding hydrogens is 343 g/mol. The van der Waals surface area contributed by atoms with Gasteiger partial charge in [0.1, 0.15) is 5.82 Å². The van der Waals surface area contributed by atoms with Crippen LogP contribution in [0, 0.1) is 12.7 Å². The summed E-state index contributed by atoms with van der Waals surface area (Å²) in [4.78, 5) is 12.4. The van der Waals surface area contributed by atoms with Gasteiger partial charge in [-0.05, 0) is 48.9 Å². The first-order valence-electron chi connectivity index (χ1n) is 6.50. The van der Waals surface area contributed by atoms with E-state index in [1.54, 1.807) is 6.92 Å². The molecule has 2 N–H and O–H groups in total. The summed E-state index contributed by atoms with van der Waals surface area (Å²) in [6.07, 6.45) is 0.980. The number of rotatable bonds is 4. The predicted molar refractivity (Wildman–Crippen MR) is 89.0 cm³/mol. The number of nitrogens with one attached hydrogen (secondary N) is 2. The molecule has 0 fully saturated rings. The molecule has 0 saturated carbocycles. The summed E-state index contributed by atoms with van der Waals surface area (Å²) < 4.78 is 38.1. The molecule has 0 atom stereocenters. The van der Waals surface area contributed by atoms with Crippen LogP contribution in [-0.2, 0) is 10.0 Å². The predicted octanol–water partition coefficient (Wildman–Crippen LogP) is 3.41. The van der Waals surface area contributed by atoms with Crippen LogP contribution in [-0.4, -0.2) is 20.6 Å². The smallest absolute Gasteiger partial charge is 0.257 e. The molecule has 0 aliphatic carbocycles. The maximum Gasteiger partial charge on any atom is 0.257 e. The van der Waals surface area contributed by atoms with Gasteiger partial charge >= 0.3 is 0 Å². The highest BCUT2D eigenvalue weighted by Crippen LogP contribution is 2.24. The average Bonchev–Trinajstić information content (AvgIpc) is 2.42. The quantitative estimate of drug-likeness (QED) is 0.881. The number of carbonyl (C=O) groups is 1. The fourth-order valence-electron chi connectivity index (χ4n) is 1.95. The second kappa shape index (κ2) is 6.55. The van der Waals surface area contributed by atoms with E-state index in [1.807, 2.05) is 0 Å². The summed E-state index contributed by atoms with van der Waals surface area (Å²) in [6.45, 7) is 1.65. The molecule has 0 unspecified atom stereocenters. The lowest BCUT2D eigenvalue weighted by Crippen LogP contribution is -2.18. The average molecular weight is 357 g/mol. The Kier molecular flexibility index (Phi) is 4.91. The van der Waals surface area contributed by atoms with Gasteiger partial charge in [-0.15, -0.1) is 0 Å². The largest absolute Gasteiger partial charge is 0.322 e. The lowest BCUT2D eigenvalue weighted by atomic mass is 10.1. The Bertz CT molecular complexity index is 869. The Morgan fingerprint density at radius 1 is 1.13 bits per heavy atom. The van der Waals surface area contributed by atoms with Crippen molar-refractivity contribution in [3.63, 3.8) is 0 Å². The van der Waals surface area contributed by atoms with Crippen molar-refractivity contribution in [3.8, 4) is 0 Å². The number of carbonyl (C=O) groups excluding carboxylic acids is 1. The van der Waals surface area contributed by atoms with Gasteiger partial charge in [0.25, 0.3) is 5.91 Å². The van der Waals surface area contributed by atoms with Gasteiger partial charge in [-0.1, -0.05) is 11.6 Å². The lowest BCUT2D eigenvalue weighted by Gasteiger charge is -2.13. The molecule has 0 saturated heterocycles. The van der Waals surface area contributed by atoms with E-state index in [0.29, 0.717) is 11.3 Å². The van der Waals surface area contributed by atoms with Gasteiger partial charge in [-0.3, -0.25) is 9.52 Å². The van der Waals surface area contributed by atoms with Crippen LogP contribution in [0.15, 0.2) is 36.4 Å². The van der Waals surface area contributed by atoms with Crippen molar-refractivity contribution < 1.29 is 17.6 Å². The lowest BCUT2D eigenvalue weighted by molar-refractivity contribution is 0.102. The minimum Gasteiger partial charge on any atom is -0.322 e. The maximum absolute atomic E-state index is 13.1. The minimum absolute atomic E-state index is 0.0617. The van der Waals surface area contributed by atoms with Gasteiger partial charge in [0, 0.05) is 10.7 Å². The zero-order chi connectivity index (χ0) is 17.2. The summed E-state index contributed by atoms with van der Waals surface area (Å²) in [6, 6.07) is 8.14. The van der Waals surface area contributed by atoms with Crippen LogP contribution >= 0.6 is 11.6 Å². The molecule has 0 radical (unpaired) electrons. The van der Waals surface area contributed by atoms with Crippen LogP contribution in [0.25, 0.3) is 0 Å². The van der Waals surface area contributed by atoms with E-state index in [1.165, 1.54) is 36.4 Å². The molecular formula is C15H14ClFN2O3S. The van der Waals surface area contributed by atoms with Gasteiger partial charge < -0.3 is 5.32 Å². The number of anilines is 2. The highest BCUT2D eigenvalue weighted by molar-refractivity contribution is 7.92. The third-order valence-electron chi connectivity index (χ3n) is 2.96. The monoisotopic (exact) mass is 356 g/mol. The number of hydrogen-bond donors (Lipinski definition) is 2. The van der Waals surface area contributed by atoms with Crippen molar-refractivity contribution in [1.29, 1.82) is 0 Å². The van der Waals surface area contributed by atoms with E-state index in [4.69, 9.17) is 11.6 Å². The Hall–Kier alpha value is -2.12. The molecule has 0 aliphatic heterocycles. The van der Waals surface area contributed by atoms with Crippen molar-refractivity contribution in [2.45, 2.75) is 6.92 Å². The number of aryl methyl sites for hydroxylation is 1. The Morgan fingerprint density at radius 3 is 2.39 bits per heavy atom. The highest BCUT2D eigenvalue weighted by Gasteiger charge is 2.16. The fourth-order valence-corrected chi connectivity index (χ4v) is 2.70. The summed E-state index contributed by atoms with van der Waals surface area (Å²) >= 11 is 5.88. The van der Waals surface area contributed by atoms with Gasteiger partial charge in [-0.25, -0.2) is 12.8 Å². The Balaban J connectivity index is 2.36. The van der Waals surface area contributed by atoms with E-state index >= 15 is 0 Å². The molecule has 1 amide bonds. The maximum atomic E-state index is 13.1. The summed E-state index contributed by atoms with van der Waals surface area (Å²) in [7, 11) is -3.56. The van der Waals surface area contributed by atoms with E-state index in [0.717, 1.165) is 6.26 Å². The van der Waals surface area contributed by atoms with Gasteiger partial charge in [0.2, 0.25) is 10.0 Å². The van der Waals surface area contributed by atoms with Crippen molar-refractivity contribution in [1.82, 2.24) is 0 Å². The van der Waals surface area contributed by atoms with Gasteiger partial charge in [0.15, 0.2) is 0 Å². The van der Waals surface area contributed by atoms with Crippen LogP contribution in [0.4, 0.5) is 15.8 Å². The summed E-state index contributed by atoms with van der Waals surface area (Å²) in [5, 5.41) is 2.89. The number of benzene rings is 2. The molecule has 2 rings (SSSR count). The topological polar surface area (TPSA) is 75.3 Å².